The van der Waals surface area contributed by atoms with Gasteiger partial charge in [0.1, 0.15) is 0 Å². The van der Waals surface area contributed by atoms with Crippen LogP contribution in [-0.2, 0) is 10.2 Å². The van der Waals surface area contributed by atoms with Crippen LogP contribution in [0.15, 0.2) is 24.3 Å². The van der Waals surface area contributed by atoms with Gasteiger partial charge in [0.2, 0.25) is 0 Å². The largest absolute Gasteiger partial charge is 0.382 e. The summed E-state index contributed by atoms with van der Waals surface area (Å²) < 4.78 is 5.43. The molecule has 0 amide bonds. The lowest BCUT2D eigenvalue weighted by molar-refractivity contribution is 0.137. The Morgan fingerprint density at radius 3 is 2.22 bits per heavy atom. The summed E-state index contributed by atoms with van der Waals surface area (Å²) in [5, 5.41) is 3.36. The highest BCUT2D eigenvalue weighted by atomic mass is 16.5. The second-order valence-electron chi connectivity index (χ2n) is 5.70. The fraction of sp³-hybridized carbons (Fsp3) is 0.625. The van der Waals surface area contributed by atoms with Crippen LogP contribution in [0.2, 0.25) is 0 Å². The minimum atomic E-state index is 0.221. The summed E-state index contributed by atoms with van der Waals surface area (Å²) in [6, 6.07) is 9.31. The van der Waals surface area contributed by atoms with Crippen LogP contribution in [0.1, 0.15) is 51.3 Å². The van der Waals surface area contributed by atoms with E-state index in [2.05, 4.69) is 50.4 Å². The van der Waals surface area contributed by atoms with Crippen molar-refractivity contribution in [3.8, 4) is 0 Å². The fourth-order valence-corrected chi connectivity index (χ4v) is 2.04. The zero-order valence-corrected chi connectivity index (χ0v) is 12.4. The minimum Gasteiger partial charge on any atom is -0.382 e. The van der Waals surface area contributed by atoms with Crippen LogP contribution in [0, 0.1) is 0 Å². The molecule has 2 nitrogen and oxygen atoms in total. The standard InChI is InChI=1S/C16H27NO/c1-6-18-12-11-15(17-5)13-7-9-14(10-8-13)16(2,3)4/h7-10,15,17H,6,11-12H2,1-5H3. The number of rotatable bonds is 6. The first-order chi connectivity index (χ1) is 8.49. The SMILES string of the molecule is CCOCCC(NC)c1ccc(C(C)(C)C)cc1. The number of ether oxygens (including phenoxy) is 1. The highest BCUT2D eigenvalue weighted by Crippen LogP contribution is 2.24. The molecule has 0 saturated carbocycles. The van der Waals surface area contributed by atoms with Crippen LogP contribution in [0.4, 0.5) is 0 Å². The molecular weight excluding hydrogens is 222 g/mol. The number of benzene rings is 1. The lowest BCUT2D eigenvalue weighted by Crippen LogP contribution is -2.19. The van der Waals surface area contributed by atoms with E-state index in [4.69, 9.17) is 4.74 Å². The molecule has 0 spiro atoms. The minimum absolute atomic E-state index is 0.221. The molecule has 0 heterocycles. The predicted molar refractivity (Wildman–Crippen MR) is 78.1 cm³/mol. The van der Waals surface area contributed by atoms with Gasteiger partial charge in [0.25, 0.3) is 0 Å². The van der Waals surface area contributed by atoms with E-state index in [9.17, 15) is 0 Å². The molecule has 1 unspecified atom stereocenters. The molecule has 0 aliphatic heterocycles. The Bertz CT molecular complexity index is 337. The Morgan fingerprint density at radius 1 is 1.17 bits per heavy atom. The van der Waals surface area contributed by atoms with Crippen molar-refractivity contribution < 1.29 is 4.74 Å². The zero-order chi connectivity index (χ0) is 13.6. The monoisotopic (exact) mass is 249 g/mol. The Morgan fingerprint density at radius 2 is 1.78 bits per heavy atom. The number of hydrogen-bond donors (Lipinski definition) is 1. The van der Waals surface area contributed by atoms with Gasteiger partial charge in [-0.15, -0.1) is 0 Å². The van der Waals surface area contributed by atoms with Crippen molar-refractivity contribution in [2.75, 3.05) is 20.3 Å². The summed E-state index contributed by atoms with van der Waals surface area (Å²) in [5.74, 6) is 0. The molecule has 18 heavy (non-hydrogen) atoms. The second kappa shape index (κ2) is 6.91. The topological polar surface area (TPSA) is 21.3 Å². The van der Waals surface area contributed by atoms with Crippen molar-refractivity contribution in [2.45, 2.75) is 45.6 Å². The average Bonchev–Trinajstić information content (AvgIpc) is 2.34. The van der Waals surface area contributed by atoms with Gasteiger partial charge in [-0.05, 0) is 36.9 Å². The average molecular weight is 249 g/mol. The van der Waals surface area contributed by atoms with Gasteiger partial charge in [-0.2, -0.15) is 0 Å². The third kappa shape index (κ3) is 4.43. The fourth-order valence-electron chi connectivity index (χ4n) is 2.04. The molecule has 0 bridgehead atoms. The summed E-state index contributed by atoms with van der Waals surface area (Å²) >= 11 is 0. The van der Waals surface area contributed by atoms with E-state index in [0.717, 1.165) is 19.6 Å². The van der Waals surface area contributed by atoms with Crippen molar-refractivity contribution in [1.82, 2.24) is 5.32 Å². The molecule has 1 aromatic rings. The van der Waals surface area contributed by atoms with Gasteiger partial charge < -0.3 is 10.1 Å². The van der Waals surface area contributed by atoms with E-state index in [0.29, 0.717) is 6.04 Å². The van der Waals surface area contributed by atoms with E-state index < -0.39 is 0 Å². The second-order valence-corrected chi connectivity index (χ2v) is 5.70. The molecule has 0 saturated heterocycles. The first-order valence-electron chi connectivity index (χ1n) is 6.84. The van der Waals surface area contributed by atoms with E-state index in [1.807, 2.05) is 14.0 Å². The predicted octanol–water partition coefficient (Wildman–Crippen LogP) is 3.67. The quantitative estimate of drug-likeness (QED) is 0.777. The number of nitrogens with one attached hydrogen (secondary N) is 1. The van der Waals surface area contributed by atoms with Crippen LogP contribution in [0.5, 0.6) is 0 Å². The Balaban J connectivity index is 2.69. The highest BCUT2D eigenvalue weighted by Gasteiger charge is 2.14. The maximum atomic E-state index is 5.43. The summed E-state index contributed by atoms with van der Waals surface area (Å²) in [7, 11) is 2.01. The maximum absolute atomic E-state index is 5.43. The van der Waals surface area contributed by atoms with Crippen molar-refractivity contribution in [1.29, 1.82) is 0 Å². The highest BCUT2D eigenvalue weighted by molar-refractivity contribution is 5.29. The first-order valence-corrected chi connectivity index (χ1v) is 6.84. The van der Waals surface area contributed by atoms with Crippen LogP contribution < -0.4 is 5.32 Å². The van der Waals surface area contributed by atoms with Gasteiger partial charge in [0, 0.05) is 19.3 Å². The molecule has 1 aromatic carbocycles. The van der Waals surface area contributed by atoms with E-state index in [-0.39, 0.29) is 5.41 Å². The van der Waals surface area contributed by atoms with Crippen LogP contribution in [0.25, 0.3) is 0 Å². The molecule has 0 aliphatic rings. The smallest absolute Gasteiger partial charge is 0.0484 e. The van der Waals surface area contributed by atoms with Gasteiger partial charge in [-0.1, -0.05) is 45.0 Å². The third-order valence-electron chi connectivity index (χ3n) is 3.28. The van der Waals surface area contributed by atoms with Crippen molar-refractivity contribution in [3.63, 3.8) is 0 Å². The Kier molecular flexibility index (Phi) is 5.83. The molecule has 0 aromatic heterocycles. The molecule has 0 fully saturated rings. The van der Waals surface area contributed by atoms with Gasteiger partial charge in [-0.25, -0.2) is 0 Å². The van der Waals surface area contributed by atoms with Crippen molar-refractivity contribution in [2.24, 2.45) is 0 Å². The maximum Gasteiger partial charge on any atom is 0.0484 e. The van der Waals surface area contributed by atoms with Crippen LogP contribution in [0.3, 0.4) is 0 Å². The summed E-state index contributed by atoms with van der Waals surface area (Å²) in [6.45, 7) is 10.4. The van der Waals surface area contributed by atoms with Gasteiger partial charge in [-0.3, -0.25) is 0 Å². The molecule has 0 radical (unpaired) electrons. The Labute approximate surface area is 112 Å². The van der Waals surface area contributed by atoms with E-state index in [1.165, 1.54) is 11.1 Å². The van der Waals surface area contributed by atoms with Gasteiger partial charge in [0.05, 0.1) is 0 Å². The van der Waals surface area contributed by atoms with Gasteiger partial charge in [0.15, 0.2) is 0 Å². The molecule has 0 aliphatic carbocycles. The lowest BCUT2D eigenvalue weighted by atomic mass is 9.86. The summed E-state index contributed by atoms with van der Waals surface area (Å²) in [4.78, 5) is 0. The molecule has 1 atom stereocenters. The van der Waals surface area contributed by atoms with E-state index >= 15 is 0 Å². The lowest BCUT2D eigenvalue weighted by Gasteiger charge is -2.21. The van der Waals surface area contributed by atoms with E-state index in [1.54, 1.807) is 0 Å². The molecule has 2 heteroatoms. The van der Waals surface area contributed by atoms with Crippen molar-refractivity contribution in [3.05, 3.63) is 35.4 Å². The molecule has 1 N–H and O–H groups in total. The normalized spacial score (nSPS) is 13.6. The first kappa shape index (κ1) is 15.2. The third-order valence-corrected chi connectivity index (χ3v) is 3.28. The molecule has 102 valence electrons. The van der Waals surface area contributed by atoms with Crippen molar-refractivity contribution >= 4 is 0 Å². The molecular formula is C16H27NO. The summed E-state index contributed by atoms with van der Waals surface area (Å²) in [5.41, 5.74) is 2.94. The Hall–Kier alpha value is -0.860. The zero-order valence-electron chi connectivity index (χ0n) is 12.4. The summed E-state index contributed by atoms with van der Waals surface area (Å²) in [6.07, 6.45) is 1.01. The number of hydrogen-bond acceptors (Lipinski definition) is 2. The van der Waals surface area contributed by atoms with Gasteiger partial charge >= 0.3 is 0 Å². The van der Waals surface area contributed by atoms with Crippen LogP contribution in [-0.4, -0.2) is 20.3 Å². The molecule has 1 rings (SSSR count). The van der Waals surface area contributed by atoms with Crippen LogP contribution >= 0.6 is 0 Å².